The van der Waals surface area contributed by atoms with Crippen LogP contribution in [0.1, 0.15) is 77.2 Å². The predicted molar refractivity (Wildman–Crippen MR) is 126 cm³/mol. The van der Waals surface area contributed by atoms with Crippen molar-refractivity contribution in [2.45, 2.75) is 84.0 Å². The summed E-state index contributed by atoms with van der Waals surface area (Å²) in [6.07, 6.45) is 14.1. The zero-order chi connectivity index (χ0) is 23.1. The van der Waals surface area contributed by atoms with Gasteiger partial charge in [0.05, 0.1) is 19.3 Å². The van der Waals surface area contributed by atoms with Gasteiger partial charge in [0.15, 0.2) is 6.29 Å². The number of pyridine rings is 1. The van der Waals surface area contributed by atoms with Crippen molar-refractivity contribution in [3.8, 4) is 11.8 Å². The summed E-state index contributed by atoms with van der Waals surface area (Å²) in [6, 6.07) is 3.95. The van der Waals surface area contributed by atoms with Crippen LogP contribution < -0.4 is 4.74 Å². The molecule has 1 unspecified atom stereocenters. The second-order valence-corrected chi connectivity index (χ2v) is 11.3. The first-order valence-electron chi connectivity index (χ1n) is 12.9. The fourth-order valence-corrected chi connectivity index (χ4v) is 7.74. The molecule has 33 heavy (non-hydrogen) atoms. The van der Waals surface area contributed by atoms with Crippen LogP contribution in [-0.4, -0.2) is 30.6 Å². The third-order valence-corrected chi connectivity index (χ3v) is 9.52. The lowest BCUT2D eigenvalue weighted by Gasteiger charge is -2.63. The molecule has 1 saturated heterocycles. The minimum Gasteiger partial charge on any atom is -0.492 e. The van der Waals surface area contributed by atoms with Gasteiger partial charge in [0, 0.05) is 23.7 Å². The quantitative estimate of drug-likeness (QED) is 0.512. The molecule has 1 aromatic rings. The third-order valence-electron chi connectivity index (χ3n) is 9.52. The molecule has 0 amide bonds. The lowest BCUT2D eigenvalue weighted by atomic mass is 9.46. The molecular formula is C28H38N2O3. The zero-order valence-electron chi connectivity index (χ0n) is 20.2. The van der Waals surface area contributed by atoms with Crippen LogP contribution in [0, 0.1) is 39.9 Å². The van der Waals surface area contributed by atoms with Crippen LogP contribution in [-0.2, 0) is 9.47 Å². The second kappa shape index (κ2) is 9.04. The van der Waals surface area contributed by atoms with Gasteiger partial charge in [-0.05, 0) is 68.3 Å². The molecular weight excluding hydrogens is 412 g/mol. The second-order valence-electron chi connectivity index (χ2n) is 11.3. The Labute approximate surface area is 198 Å². The molecule has 0 bridgehead atoms. The number of fused-ring (bicyclic) bond motifs is 3. The Hall–Kier alpha value is -1.90. The minimum atomic E-state index is 0.00683. The van der Waals surface area contributed by atoms with Gasteiger partial charge >= 0.3 is 0 Å². The zero-order valence-corrected chi connectivity index (χ0v) is 20.2. The summed E-state index contributed by atoms with van der Waals surface area (Å²) in [7, 11) is 0. The van der Waals surface area contributed by atoms with Crippen molar-refractivity contribution in [1.29, 1.82) is 5.26 Å². The first-order valence-corrected chi connectivity index (χ1v) is 12.9. The standard InChI is InChI=1S/C28H38N2O3/c1-19-8-9-24-27(2,22(19)12-15-31-23-11-14-30-17-21(23)16-29)13-10-25-28(24,3)18-32-26(33-25)20-6-4-5-7-20/h11,14,17,20,22,24-26H,1,4-10,12-13,15,18H2,2-3H3/t22-,24?,25-,26-,27+,28+/m1/s1. The highest BCUT2D eigenvalue weighted by Gasteiger charge is 2.60. The molecule has 5 nitrogen and oxygen atoms in total. The van der Waals surface area contributed by atoms with Gasteiger partial charge in [-0.2, -0.15) is 5.26 Å². The summed E-state index contributed by atoms with van der Waals surface area (Å²) in [5.41, 5.74) is 2.08. The third kappa shape index (κ3) is 4.00. The number of aromatic nitrogens is 1. The van der Waals surface area contributed by atoms with E-state index in [4.69, 9.17) is 14.2 Å². The van der Waals surface area contributed by atoms with Gasteiger partial charge in [0.1, 0.15) is 17.4 Å². The molecule has 1 aromatic heterocycles. The van der Waals surface area contributed by atoms with Crippen molar-refractivity contribution in [3.63, 3.8) is 0 Å². The van der Waals surface area contributed by atoms with E-state index in [0.717, 1.165) is 32.3 Å². The van der Waals surface area contributed by atoms with Crippen molar-refractivity contribution < 1.29 is 14.2 Å². The van der Waals surface area contributed by atoms with Crippen molar-refractivity contribution in [2.24, 2.45) is 28.6 Å². The summed E-state index contributed by atoms with van der Waals surface area (Å²) in [4.78, 5) is 4.03. The SMILES string of the molecule is C=C1CCC2[C@]3(C)CO[C@@H](C4CCCC4)O[C@@H]3CC[C@@]2(C)[C@@H]1CCOc1ccncc1C#N. The molecule has 0 N–H and O–H groups in total. The van der Waals surface area contributed by atoms with Gasteiger partial charge in [-0.1, -0.05) is 38.8 Å². The van der Waals surface area contributed by atoms with Gasteiger partial charge < -0.3 is 14.2 Å². The highest BCUT2D eigenvalue weighted by Crippen LogP contribution is 2.63. The maximum absolute atomic E-state index is 9.32. The Bertz CT molecular complexity index is 920. The Balaban J connectivity index is 1.29. The maximum Gasteiger partial charge on any atom is 0.160 e. The van der Waals surface area contributed by atoms with Crippen LogP contribution in [0.15, 0.2) is 30.6 Å². The van der Waals surface area contributed by atoms with Gasteiger partial charge in [0.25, 0.3) is 0 Å². The van der Waals surface area contributed by atoms with Crippen LogP contribution in [0.25, 0.3) is 0 Å². The van der Waals surface area contributed by atoms with E-state index in [1.165, 1.54) is 37.7 Å². The maximum atomic E-state index is 9.32. The first kappa shape index (κ1) is 22.9. The van der Waals surface area contributed by atoms with Crippen molar-refractivity contribution in [2.75, 3.05) is 13.2 Å². The summed E-state index contributed by atoms with van der Waals surface area (Å²) in [5, 5.41) is 9.32. The monoisotopic (exact) mass is 450 g/mol. The van der Waals surface area contributed by atoms with E-state index in [-0.39, 0.29) is 17.1 Å². The number of hydrogen-bond donors (Lipinski definition) is 0. The highest BCUT2D eigenvalue weighted by atomic mass is 16.7. The number of nitriles is 1. The van der Waals surface area contributed by atoms with Gasteiger partial charge in [-0.15, -0.1) is 0 Å². The fraction of sp³-hybridized carbons (Fsp3) is 0.714. The molecule has 4 aliphatic rings. The smallest absolute Gasteiger partial charge is 0.160 e. The Kier molecular flexibility index (Phi) is 6.27. The van der Waals surface area contributed by atoms with E-state index in [9.17, 15) is 5.26 Å². The van der Waals surface area contributed by atoms with Crippen molar-refractivity contribution in [3.05, 3.63) is 36.2 Å². The van der Waals surface area contributed by atoms with Gasteiger partial charge in [0.2, 0.25) is 0 Å². The van der Waals surface area contributed by atoms with E-state index in [2.05, 4.69) is 31.5 Å². The molecule has 2 heterocycles. The molecule has 3 aliphatic carbocycles. The van der Waals surface area contributed by atoms with Gasteiger partial charge in [-0.25, -0.2) is 0 Å². The molecule has 0 aromatic carbocycles. The summed E-state index contributed by atoms with van der Waals surface area (Å²) >= 11 is 0. The van der Waals surface area contributed by atoms with Crippen molar-refractivity contribution >= 4 is 0 Å². The lowest BCUT2D eigenvalue weighted by molar-refractivity contribution is -0.316. The number of ether oxygens (including phenoxy) is 3. The van der Waals surface area contributed by atoms with Crippen LogP contribution in [0.4, 0.5) is 0 Å². The van der Waals surface area contributed by atoms with Crippen LogP contribution in [0.3, 0.4) is 0 Å². The summed E-state index contributed by atoms with van der Waals surface area (Å²) in [6.45, 7) is 10.8. The van der Waals surface area contributed by atoms with Crippen LogP contribution in [0.5, 0.6) is 5.75 Å². The van der Waals surface area contributed by atoms with E-state index in [0.29, 0.717) is 41.8 Å². The number of nitrogens with zero attached hydrogens (tertiary/aromatic N) is 2. The van der Waals surface area contributed by atoms with E-state index >= 15 is 0 Å². The number of hydrogen-bond acceptors (Lipinski definition) is 5. The molecule has 0 radical (unpaired) electrons. The van der Waals surface area contributed by atoms with Crippen LogP contribution >= 0.6 is 0 Å². The molecule has 3 saturated carbocycles. The summed E-state index contributed by atoms with van der Waals surface area (Å²) in [5.74, 6) is 2.18. The largest absolute Gasteiger partial charge is 0.492 e. The molecule has 178 valence electrons. The highest BCUT2D eigenvalue weighted by molar-refractivity contribution is 5.40. The molecule has 1 aliphatic heterocycles. The summed E-state index contributed by atoms with van der Waals surface area (Å²) < 4.78 is 19.2. The molecule has 5 rings (SSSR count). The average Bonchev–Trinajstić information content (AvgIpc) is 3.35. The average molecular weight is 451 g/mol. The molecule has 0 spiro atoms. The normalized spacial score (nSPS) is 38.9. The lowest BCUT2D eigenvalue weighted by Crippen LogP contribution is -2.62. The van der Waals surface area contributed by atoms with Gasteiger partial charge in [-0.3, -0.25) is 4.98 Å². The van der Waals surface area contributed by atoms with Crippen molar-refractivity contribution in [1.82, 2.24) is 4.98 Å². The molecule has 5 heteroatoms. The van der Waals surface area contributed by atoms with Crippen LogP contribution in [0.2, 0.25) is 0 Å². The predicted octanol–water partition coefficient (Wildman–Crippen LogP) is 6.04. The number of rotatable bonds is 5. The Morgan fingerprint density at radius 2 is 2.03 bits per heavy atom. The fourth-order valence-electron chi connectivity index (χ4n) is 7.74. The van der Waals surface area contributed by atoms with E-state index in [1.54, 1.807) is 18.5 Å². The topological polar surface area (TPSA) is 64.4 Å². The Morgan fingerprint density at radius 3 is 2.82 bits per heavy atom. The van der Waals surface area contributed by atoms with E-state index in [1.807, 2.05) is 0 Å². The molecule has 4 fully saturated rings. The number of allylic oxidation sites excluding steroid dienone is 1. The minimum absolute atomic E-state index is 0.00683. The Morgan fingerprint density at radius 1 is 1.21 bits per heavy atom. The van der Waals surface area contributed by atoms with E-state index < -0.39 is 0 Å². The first-order chi connectivity index (χ1) is 16.0. The molecule has 6 atom stereocenters.